The van der Waals surface area contributed by atoms with Gasteiger partial charge in [-0.2, -0.15) is 10.2 Å². The van der Waals surface area contributed by atoms with E-state index in [1.54, 1.807) is 92.7 Å². The van der Waals surface area contributed by atoms with Crippen LogP contribution in [0, 0.1) is 13.8 Å². The molecule has 0 aliphatic carbocycles. The topological polar surface area (TPSA) is 365 Å². The van der Waals surface area contributed by atoms with Crippen LogP contribution in [0.2, 0.25) is 0 Å². The van der Waals surface area contributed by atoms with E-state index in [9.17, 15) is 24.0 Å². The van der Waals surface area contributed by atoms with Gasteiger partial charge in [0.2, 0.25) is 5.91 Å². The molecule has 6 aromatic carbocycles. The highest BCUT2D eigenvalue weighted by Crippen LogP contribution is 2.25. The first-order chi connectivity index (χ1) is 45.8. The molecule has 6 heterocycles. The van der Waals surface area contributed by atoms with Gasteiger partial charge in [-0.05, 0) is 181 Å². The molecular weight excluding hydrogens is 1210 g/mol. The van der Waals surface area contributed by atoms with Gasteiger partial charge in [0.15, 0.2) is 0 Å². The predicted molar refractivity (Wildman–Crippen MR) is 376 cm³/mol. The minimum Gasteiger partial charge on any atom is -0.493 e. The van der Waals surface area contributed by atoms with Crippen molar-refractivity contribution in [2.45, 2.75) is 52.4 Å². The lowest BCUT2D eigenvalue weighted by Gasteiger charge is -2.26. The molecule has 8 aromatic rings. The number of aromatic amines is 2. The maximum Gasteiger partial charge on any atom is 0.347 e. The van der Waals surface area contributed by atoms with Crippen molar-refractivity contribution < 1.29 is 28.6 Å². The number of ether oxygens (including phenoxy) is 3. The summed E-state index contributed by atoms with van der Waals surface area (Å²) in [6.45, 7) is 18.3. The van der Waals surface area contributed by atoms with Gasteiger partial charge in [0.05, 0.1) is 55.5 Å². The molecule has 0 radical (unpaired) electrons. The molecule has 4 aliphatic rings. The van der Waals surface area contributed by atoms with Crippen LogP contribution in [0.25, 0.3) is 11.4 Å². The number of carbonyl (C=O) groups excluding carboxylic acids is 3. The van der Waals surface area contributed by atoms with Crippen LogP contribution in [-0.4, -0.2) is 191 Å². The quantitative estimate of drug-likeness (QED) is 0.0290. The highest BCUT2D eigenvalue weighted by molar-refractivity contribution is 6.21. The summed E-state index contributed by atoms with van der Waals surface area (Å²) in [4.78, 5) is 68.9. The Morgan fingerprint density at radius 2 is 1.05 bits per heavy atom. The molecule has 3 saturated heterocycles. The molecule has 3 amide bonds. The fourth-order valence-electron chi connectivity index (χ4n) is 10.5. The van der Waals surface area contributed by atoms with Crippen molar-refractivity contribution >= 4 is 57.5 Å². The standard InChI is InChI=1S/C14H21N3O.C13H20N2O2.C12H15N3O2.C12H18N2O.2C9H10N4O/c15-12-4-6-13(7-5-12)16-14(18)8-11-17-9-2-1-3-10-17;14-12-3-1-4-13(11-12)17-8-2-5-15-6-9-16-10-7-15;1-14(2)5-6-15-11(16)9-4-3-8(13)7-10(9)12(15)17;13-12-3-1-2-11(10-12)4-5-14-6-8-15-9-7-14;1-6-11-12-9(14)13(6)8-4-2-7(10)3-5-8;1-6-11-12-9(14)13(6)8-4-2-3-7(10)5-8/h4-7H,1-3,8-11,15H2,(H,16,18);1,3-4,11H,2,5-10,14H2;3-4,7H,5-6,13H2,1-2H3;1-3,10H,4-9,13H2;2*2-5H,10H2,1H3,(H,12,14). The molecule has 2 aromatic heterocycles. The molecule has 0 saturated carbocycles. The van der Waals surface area contributed by atoms with Gasteiger partial charge in [-0.3, -0.25) is 29.1 Å². The molecule has 0 bridgehead atoms. The minimum absolute atomic E-state index is 0.0744. The van der Waals surface area contributed by atoms with E-state index in [0.29, 0.717) is 65.0 Å². The SMILES string of the molecule is CN(C)CCN1C(=O)c2ccc(N)cc2C1=O.Cc1n[nH]c(=O)n1-c1ccc(N)cc1.Cc1n[nH]c(=O)n1-c1cccc(N)c1.Nc1ccc(NC(=O)CCN2CCCCC2)cc1.Nc1cccc(CCN2CCOCC2)c1.Nc1cccc(OCCCN2CCOCC2)c1. The van der Waals surface area contributed by atoms with Crippen LogP contribution in [0.1, 0.15) is 70.0 Å². The number of imide groups is 1. The summed E-state index contributed by atoms with van der Waals surface area (Å²) in [5.74, 6) is 1.68. The molecule has 95 heavy (non-hydrogen) atoms. The second-order valence-corrected chi connectivity index (χ2v) is 23.4. The largest absolute Gasteiger partial charge is 0.493 e. The van der Waals surface area contributed by atoms with Crippen molar-refractivity contribution in [3.8, 4) is 17.1 Å². The summed E-state index contributed by atoms with van der Waals surface area (Å²) in [5.41, 5.74) is 41.9. The number of aryl methyl sites for hydroxylation is 2. The fourth-order valence-corrected chi connectivity index (χ4v) is 10.5. The van der Waals surface area contributed by atoms with E-state index >= 15 is 0 Å². The van der Waals surface area contributed by atoms with Crippen LogP contribution in [0.15, 0.2) is 149 Å². The Morgan fingerprint density at radius 3 is 1.62 bits per heavy atom. The molecule has 3 fully saturated rings. The van der Waals surface area contributed by atoms with Crippen molar-refractivity contribution in [2.75, 3.05) is 159 Å². The van der Waals surface area contributed by atoms with Gasteiger partial charge in [-0.15, -0.1) is 0 Å². The molecular formula is C69H94N18O8. The highest BCUT2D eigenvalue weighted by atomic mass is 16.5. The summed E-state index contributed by atoms with van der Waals surface area (Å²) >= 11 is 0. The van der Waals surface area contributed by atoms with Crippen LogP contribution in [0.3, 0.4) is 0 Å². The Kier molecular flexibility index (Phi) is 28.9. The molecule has 26 nitrogen and oxygen atoms in total. The average Bonchev–Trinajstić information content (AvgIpc) is 1.64. The predicted octanol–water partition coefficient (Wildman–Crippen LogP) is 5.93. The number of carbonyl (C=O) groups is 3. The molecule has 508 valence electrons. The average molecular weight is 1300 g/mol. The summed E-state index contributed by atoms with van der Waals surface area (Å²) in [6.07, 6.45) is 6.53. The van der Waals surface area contributed by atoms with Crippen LogP contribution in [-0.2, 0) is 20.7 Å². The van der Waals surface area contributed by atoms with Crippen LogP contribution in [0.4, 0.5) is 39.8 Å². The van der Waals surface area contributed by atoms with E-state index in [1.807, 2.05) is 67.5 Å². The van der Waals surface area contributed by atoms with Crippen LogP contribution < -0.4 is 55.8 Å². The fraction of sp³-hybridized carbons (Fsp3) is 0.377. The van der Waals surface area contributed by atoms with Gasteiger partial charge < -0.3 is 63.7 Å². The van der Waals surface area contributed by atoms with Crippen molar-refractivity contribution in [3.05, 3.63) is 189 Å². The maximum atomic E-state index is 12.0. The van der Waals surface area contributed by atoms with Crippen molar-refractivity contribution in [3.63, 3.8) is 0 Å². The summed E-state index contributed by atoms with van der Waals surface area (Å²) in [5, 5.41) is 15.3. The lowest BCUT2D eigenvalue weighted by atomic mass is 10.1. The first-order valence-electron chi connectivity index (χ1n) is 32.0. The van der Waals surface area contributed by atoms with Gasteiger partial charge in [-0.1, -0.05) is 30.7 Å². The number of nitrogen functional groups attached to an aromatic ring is 6. The second kappa shape index (κ2) is 37.8. The number of hydrogen-bond acceptors (Lipinski definition) is 20. The number of aromatic nitrogens is 6. The van der Waals surface area contributed by atoms with E-state index in [1.165, 1.54) is 38.9 Å². The first-order valence-corrected chi connectivity index (χ1v) is 32.0. The first kappa shape index (κ1) is 72.6. The number of rotatable bonds is 17. The second-order valence-electron chi connectivity index (χ2n) is 23.4. The van der Waals surface area contributed by atoms with Crippen LogP contribution >= 0.6 is 0 Å². The molecule has 15 N–H and O–H groups in total. The normalized spacial score (nSPS) is 14.6. The minimum atomic E-state index is -0.256. The van der Waals surface area contributed by atoms with E-state index in [2.05, 4.69) is 52.5 Å². The van der Waals surface area contributed by atoms with Crippen molar-refractivity contribution in [1.29, 1.82) is 0 Å². The van der Waals surface area contributed by atoms with Gasteiger partial charge in [0, 0.05) is 111 Å². The Balaban J connectivity index is 0.000000161. The third-order valence-corrected chi connectivity index (χ3v) is 15.6. The Hall–Kier alpha value is -9.83. The van der Waals surface area contributed by atoms with E-state index in [4.69, 9.17) is 48.6 Å². The van der Waals surface area contributed by atoms with Crippen molar-refractivity contribution in [1.82, 2.24) is 54.0 Å². The Morgan fingerprint density at radius 1 is 0.537 bits per heavy atom. The number of fused-ring (bicyclic) bond motifs is 1. The number of nitrogens with two attached hydrogens (primary N) is 6. The van der Waals surface area contributed by atoms with Gasteiger partial charge in [0.25, 0.3) is 11.8 Å². The summed E-state index contributed by atoms with van der Waals surface area (Å²) in [6, 6.07) is 41.9. The molecule has 0 atom stereocenters. The molecule has 0 unspecified atom stereocenters. The Bertz CT molecular complexity index is 3780. The number of nitrogens with one attached hydrogen (secondary N) is 3. The summed E-state index contributed by atoms with van der Waals surface area (Å²) < 4.78 is 19.2. The number of piperidine rings is 1. The zero-order valence-electron chi connectivity index (χ0n) is 55.1. The third kappa shape index (κ3) is 24.2. The monoisotopic (exact) mass is 1300 g/mol. The van der Waals surface area contributed by atoms with E-state index in [-0.39, 0.29) is 29.1 Å². The molecule has 4 aliphatic heterocycles. The number of anilines is 7. The number of likely N-dealkylation sites (tertiary alicyclic amines) is 1. The third-order valence-electron chi connectivity index (χ3n) is 15.6. The number of morpholine rings is 2. The smallest absolute Gasteiger partial charge is 0.347 e. The lowest BCUT2D eigenvalue weighted by Crippen LogP contribution is -2.37. The number of benzene rings is 6. The van der Waals surface area contributed by atoms with Crippen molar-refractivity contribution in [2.24, 2.45) is 0 Å². The number of amides is 3. The van der Waals surface area contributed by atoms with Gasteiger partial charge in [-0.25, -0.2) is 28.9 Å². The zero-order valence-corrected chi connectivity index (χ0v) is 55.1. The van der Waals surface area contributed by atoms with Gasteiger partial charge >= 0.3 is 11.4 Å². The number of likely N-dealkylation sites (N-methyl/N-ethyl adjacent to an activating group) is 1. The highest BCUT2D eigenvalue weighted by Gasteiger charge is 2.35. The number of H-pyrrole nitrogens is 2. The maximum absolute atomic E-state index is 12.0. The lowest BCUT2D eigenvalue weighted by molar-refractivity contribution is -0.116. The van der Waals surface area contributed by atoms with Gasteiger partial charge in [0.1, 0.15) is 17.4 Å². The van der Waals surface area contributed by atoms with E-state index in [0.717, 1.165) is 139 Å². The van der Waals surface area contributed by atoms with E-state index < -0.39 is 0 Å². The molecule has 0 spiro atoms. The Labute approximate surface area is 555 Å². The number of nitrogens with zero attached hydrogens (tertiary/aromatic N) is 9. The number of hydrogen-bond donors (Lipinski definition) is 9. The summed E-state index contributed by atoms with van der Waals surface area (Å²) in [7, 11) is 3.80. The molecule has 26 heteroatoms. The zero-order chi connectivity index (χ0) is 68.1. The molecule has 12 rings (SSSR count). The van der Waals surface area contributed by atoms with Crippen LogP contribution in [0.5, 0.6) is 5.75 Å².